The highest BCUT2D eigenvalue weighted by Gasteiger charge is 2.15. The van der Waals surface area contributed by atoms with Crippen molar-refractivity contribution in [1.82, 2.24) is 5.32 Å². The van der Waals surface area contributed by atoms with Gasteiger partial charge in [-0.25, -0.2) is 4.79 Å². The van der Waals surface area contributed by atoms with E-state index in [1.54, 1.807) is 6.92 Å². The summed E-state index contributed by atoms with van der Waals surface area (Å²) < 4.78 is 5.16. The molecule has 110 valence electrons. The van der Waals surface area contributed by atoms with Crippen LogP contribution < -0.4 is 5.32 Å². The third-order valence-electron chi connectivity index (χ3n) is 2.30. The zero-order valence-corrected chi connectivity index (χ0v) is 13.2. The van der Waals surface area contributed by atoms with E-state index in [2.05, 4.69) is 5.32 Å². The monoisotopic (exact) mass is 295 g/mol. The number of hydrogen-bond acceptors (Lipinski definition) is 4. The van der Waals surface area contributed by atoms with Crippen molar-refractivity contribution in [3.05, 3.63) is 35.4 Å². The summed E-state index contributed by atoms with van der Waals surface area (Å²) in [6, 6.07) is 7.80. The lowest BCUT2D eigenvalue weighted by Crippen LogP contribution is -2.32. The van der Waals surface area contributed by atoms with E-state index in [0.29, 0.717) is 12.3 Å². The van der Waals surface area contributed by atoms with Gasteiger partial charge in [-0.15, -0.1) is 0 Å². The van der Waals surface area contributed by atoms with E-state index in [1.165, 1.54) is 11.8 Å². The minimum absolute atomic E-state index is 0.112. The first kappa shape index (κ1) is 16.6. The third kappa shape index (κ3) is 7.19. The molecule has 1 amide bonds. The number of carbonyl (C=O) groups excluding carboxylic acids is 2. The number of ether oxygens (including phenoxy) is 1. The second-order valence-corrected chi connectivity index (χ2v) is 6.60. The van der Waals surface area contributed by atoms with E-state index in [1.807, 2.05) is 45.0 Å². The Morgan fingerprint density at radius 3 is 2.20 bits per heavy atom. The van der Waals surface area contributed by atoms with Crippen molar-refractivity contribution in [2.24, 2.45) is 0 Å². The van der Waals surface area contributed by atoms with E-state index in [0.717, 1.165) is 11.1 Å². The minimum Gasteiger partial charge on any atom is -0.444 e. The number of amides is 1. The van der Waals surface area contributed by atoms with Crippen molar-refractivity contribution in [3.8, 4) is 0 Å². The van der Waals surface area contributed by atoms with Crippen LogP contribution in [0.1, 0.15) is 38.8 Å². The van der Waals surface area contributed by atoms with Crippen LogP contribution in [0.5, 0.6) is 0 Å². The summed E-state index contributed by atoms with van der Waals surface area (Å²) in [5.74, 6) is 0.676. The number of carbonyl (C=O) groups is 2. The molecule has 0 spiro atoms. The topological polar surface area (TPSA) is 55.4 Å². The molecule has 0 aromatic heterocycles. The molecular weight excluding hydrogens is 274 g/mol. The molecule has 0 fully saturated rings. The number of hydrogen-bond donors (Lipinski definition) is 1. The van der Waals surface area contributed by atoms with Crippen LogP contribution in [0, 0.1) is 0 Å². The largest absolute Gasteiger partial charge is 0.444 e. The molecule has 0 heterocycles. The van der Waals surface area contributed by atoms with Crippen molar-refractivity contribution >= 4 is 23.0 Å². The fraction of sp³-hybridized carbons (Fsp3) is 0.467. The molecule has 1 aromatic rings. The summed E-state index contributed by atoms with van der Waals surface area (Å²) in [5.41, 5.74) is 1.59. The summed E-state index contributed by atoms with van der Waals surface area (Å²) in [5, 5.41) is 2.82. The molecule has 1 aromatic carbocycles. The van der Waals surface area contributed by atoms with Gasteiger partial charge >= 0.3 is 6.09 Å². The smallest absolute Gasteiger partial charge is 0.407 e. The molecule has 0 bridgehead atoms. The molecule has 0 saturated carbocycles. The molecule has 0 aliphatic carbocycles. The van der Waals surface area contributed by atoms with Crippen molar-refractivity contribution in [1.29, 1.82) is 0 Å². The predicted octanol–water partition coefficient (Wildman–Crippen LogP) is 3.49. The maximum absolute atomic E-state index is 11.5. The first-order valence-corrected chi connectivity index (χ1v) is 7.43. The van der Waals surface area contributed by atoms with Crippen LogP contribution >= 0.6 is 11.8 Å². The Bertz CT molecular complexity index is 463. The van der Waals surface area contributed by atoms with E-state index < -0.39 is 11.7 Å². The fourth-order valence-corrected chi connectivity index (χ4v) is 1.99. The Morgan fingerprint density at radius 2 is 1.70 bits per heavy atom. The van der Waals surface area contributed by atoms with E-state index in [4.69, 9.17) is 4.74 Å². The normalized spacial score (nSPS) is 11.0. The van der Waals surface area contributed by atoms with Gasteiger partial charge in [0.2, 0.25) is 0 Å². The Balaban J connectivity index is 2.42. The summed E-state index contributed by atoms with van der Waals surface area (Å²) in [7, 11) is 0. The number of nitrogens with one attached hydrogen (secondary N) is 1. The van der Waals surface area contributed by atoms with Gasteiger partial charge in [-0.05, 0) is 31.9 Å². The minimum atomic E-state index is -0.488. The van der Waals surface area contributed by atoms with Gasteiger partial charge in [-0.3, -0.25) is 4.79 Å². The second-order valence-electron chi connectivity index (χ2n) is 5.45. The zero-order valence-electron chi connectivity index (χ0n) is 12.4. The molecule has 0 saturated heterocycles. The molecule has 0 radical (unpaired) electrons. The van der Waals surface area contributed by atoms with E-state index in [-0.39, 0.29) is 5.12 Å². The van der Waals surface area contributed by atoms with Gasteiger partial charge in [0.15, 0.2) is 5.12 Å². The molecule has 0 aliphatic rings. The molecule has 0 atom stereocenters. The van der Waals surface area contributed by atoms with Crippen LogP contribution in [0.25, 0.3) is 0 Å². The van der Waals surface area contributed by atoms with Crippen LogP contribution in [0.2, 0.25) is 0 Å². The first-order chi connectivity index (χ1) is 9.26. The van der Waals surface area contributed by atoms with Crippen LogP contribution in [0.4, 0.5) is 4.79 Å². The molecule has 4 nitrogen and oxygen atoms in total. The van der Waals surface area contributed by atoms with Crippen molar-refractivity contribution < 1.29 is 14.3 Å². The maximum atomic E-state index is 11.5. The van der Waals surface area contributed by atoms with Crippen molar-refractivity contribution in [2.45, 2.75) is 45.6 Å². The average Bonchev–Trinajstić information content (AvgIpc) is 2.33. The standard InChI is InChI=1S/C15H21NO3S/c1-11(17)20-10-13-7-5-12(6-8-13)9-16-14(18)19-15(2,3)4/h5-8H,9-10H2,1-4H3,(H,16,18). The third-order valence-corrected chi connectivity index (χ3v) is 3.19. The molecule has 0 unspecified atom stereocenters. The second kappa shape index (κ2) is 7.33. The average molecular weight is 295 g/mol. The van der Waals surface area contributed by atoms with E-state index in [9.17, 15) is 9.59 Å². The van der Waals surface area contributed by atoms with Gasteiger partial charge in [0, 0.05) is 19.2 Å². The zero-order chi connectivity index (χ0) is 15.2. The molecular formula is C15H21NO3S. The lowest BCUT2D eigenvalue weighted by molar-refractivity contribution is -0.109. The van der Waals surface area contributed by atoms with Gasteiger partial charge in [0.25, 0.3) is 0 Å². The Kier molecular flexibility index (Phi) is 6.07. The lowest BCUT2D eigenvalue weighted by atomic mass is 10.1. The maximum Gasteiger partial charge on any atom is 0.407 e. The number of benzene rings is 1. The fourth-order valence-electron chi connectivity index (χ4n) is 1.43. The predicted molar refractivity (Wildman–Crippen MR) is 81.5 cm³/mol. The quantitative estimate of drug-likeness (QED) is 0.923. The van der Waals surface area contributed by atoms with Crippen molar-refractivity contribution in [2.75, 3.05) is 0 Å². The summed E-state index contributed by atoms with van der Waals surface area (Å²) >= 11 is 1.29. The van der Waals surface area contributed by atoms with Crippen LogP contribution in [-0.2, 0) is 21.8 Å². The molecule has 1 rings (SSSR count). The van der Waals surface area contributed by atoms with Crippen LogP contribution in [0.15, 0.2) is 24.3 Å². The van der Waals surface area contributed by atoms with Gasteiger partial charge in [0.05, 0.1) is 0 Å². The van der Waals surface area contributed by atoms with Gasteiger partial charge in [-0.2, -0.15) is 0 Å². The molecule has 0 aliphatic heterocycles. The Hall–Kier alpha value is -1.49. The number of rotatable bonds is 4. The van der Waals surface area contributed by atoms with Crippen LogP contribution in [0.3, 0.4) is 0 Å². The SMILES string of the molecule is CC(=O)SCc1ccc(CNC(=O)OC(C)(C)C)cc1. The molecule has 20 heavy (non-hydrogen) atoms. The van der Waals surface area contributed by atoms with E-state index >= 15 is 0 Å². The van der Waals surface area contributed by atoms with Crippen molar-refractivity contribution in [3.63, 3.8) is 0 Å². The van der Waals surface area contributed by atoms with Crippen LogP contribution in [-0.4, -0.2) is 16.8 Å². The first-order valence-electron chi connectivity index (χ1n) is 6.44. The molecule has 1 N–H and O–H groups in total. The molecule has 5 heteroatoms. The summed E-state index contributed by atoms with van der Waals surface area (Å²) in [6.07, 6.45) is -0.422. The summed E-state index contributed by atoms with van der Waals surface area (Å²) in [4.78, 5) is 22.4. The summed E-state index contributed by atoms with van der Waals surface area (Å²) in [6.45, 7) is 7.47. The highest BCUT2D eigenvalue weighted by atomic mass is 32.2. The van der Waals surface area contributed by atoms with Gasteiger partial charge < -0.3 is 10.1 Å². The highest BCUT2D eigenvalue weighted by Crippen LogP contribution is 2.13. The highest BCUT2D eigenvalue weighted by molar-refractivity contribution is 8.12. The Labute approximate surface area is 124 Å². The number of thioether (sulfide) groups is 1. The van der Waals surface area contributed by atoms with Gasteiger partial charge in [-0.1, -0.05) is 36.0 Å². The number of alkyl carbamates (subject to hydrolysis) is 1. The Morgan fingerprint density at radius 1 is 1.15 bits per heavy atom. The lowest BCUT2D eigenvalue weighted by Gasteiger charge is -2.19. The van der Waals surface area contributed by atoms with Gasteiger partial charge in [0.1, 0.15) is 5.60 Å².